The maximum Gasteiger partial charge on any atom is 0.137 e. The minimum absolute atomic E-state index is 0.0714. The van der Waals surface area contributed by atoms with E-state index in [0.29, 0.717) is 11.6 Å². The van der Waals surface area contributed by atoms with Gasteiger partial charge in [-0.15, -0.1) is 0 Å². The Labute approximate surface area is 198 Å². The van der Waals surface area contributed by atoms with Gasteiger partial charge in [-0.1, -0.05) is 67.3 Å². The second-order valence-corrected chi connectivity index (χ2v) is 10.0. The number of hydrogen-bond acceptors (Lipinski definition) is 4. The normalized spacial score (nSPS) is 20.7. The predicted octanol–water partition coefficient (Wildman–Crippen LogP) is 4.99. The molecule has 0 bridgehead atoms. The van der Waals surface area contributed by atoms with Gasteiger partial charge in [-0.3, -0.25) is 0 Å². The van der Waals surface area contributed by atoms with E-state index in [0.717, 1.165) is 76.1 Å². The molecule has 0 aromatic heterocycles. The monoisotopic (exact) mass is 456 g/mol. The first-order valence-corrected chi connectivity index (χ1v) is 12.5. The zero-order valence-corrected chi connectivity index (χ0v) is 20.1. The molecule has 5 heteroatoms. The number of nitrogens with zero attached hydrogens (tertiary/aromatic N) is 2. The molecule has 1 atom stereocenters. The van der Waals surface area contributed by atoms with Crippen molar-refractivity contribution in [3.8, 4) is 5.75 Å². The number of ether oxygens (including phenoxy) is 1. The Kier molecular flexibility index (Phi) is 8.12. The van der Waals surface area contributed by atoms with Crippen LogP contribution in [0.2, 0.25) is 5.02 Å². The average Bonchev–Trinajstić information content (AvgIpc) is 2.81. The first-order valence-electron chi connectivity index (χ1n) is 12.1. The van der Waals surface area contributed by atoms with Crippen LogP contribution in [-0.4, -0.2) is 66.9 Å². The second-order valence-electron chi connectivity index (χ2n) is 9.59. The SMILES string of the molecule is CN1CCN(CC(c2ccc(OCCc3ccccc3)c(Cl)c2)C2(O)CCCCC2)CC1. The number of aliphatic hydroxyl groups is 1. The van der Waals surface area contributed by atoms with Crippen LogP contribution in [0.5, 0.6) is 5.75 Å². The molecule has 32 heavy (non-hydrogen) atoms. The number of likely N-dealkylation sites (N-methyl/N-ethyl adjacent to an activating group) is 1. The van der Waals surface area contributed by atoms with Gasteiger partial charge in [-0.2, -0.15) is 0 Å². The van der Waals surface area contributed by atoms with Crippen LogP contribution >= 0.6 is 11.6 Å². The van der Waals surface area contributed by atoms with E-state index in [-0.39, 0.29) is 5.92 Å². The Morgan fingerprint density at radius 2 is 1.72 bits per heavy atom. The lowest BCUT2D eigenvalue weighted by atomic mass is 9.72. The summed E-state index contributed by atoms with van der Waals surface area (Å²) in [6, 6.07) is 16.5. The standard InChI is InChI=1S/C27H37ClN2O2/c1-29-15-17-30(18-16-29)21-24(27(31)13-6-3-7-14-27)23-10-11-26(25(28)20-23)32-19-12-22-8-4-2-5-9-22/h2,4-5,8-11,20,24,31H,3,6-7,12-19,21H2,1H3. The Balaban J connectivity index is 1.46. The summed E-state index contributed by atoms with van der Waals surface area (Å²) < 4.78 is 6.00. The van der Waals surface area contributed by atoms with Crippen LogP contribution in [0.25, 0.3) is 0 Å². The Hall–Kier alpha value is -1.59. The minimum Gasteiger partial charge on any atom is -0.492 e. The number of hydrogen-bond donors (Lipinski definition) is 1. The van der Waals surface area contributed by atoms with Crippen LogP contribution in [0.3, 0.4) is 0 Å². The molecule has 1 aliphatic carbocycles. The topological polar surface area (TPSA) is 35.9 Å². The minimum atomic E-state index is -0.652. The molecule has 174 valence electrons. The molecular weight excluding hydrogens is 420 g/mol. The third-order valence-corrected chi connectivity index (χ3v) is 7.55. The fourth-order valence-corrected chi connectivity index (χ4v) is 5.40. The van der Waals surface area contributed by atoms with Gasteiger partial charge < -0.3 is 19.6 Å². The quantitative estimate of drug-likeness (QED) is 0.607. The van der Waals surface area contributed by atoms with Crippen molar-refractivity contribution < 1.29 is 9.84 Å². The van der Waals surface area contributed by atoms with Crippen LogP contribution in [0.1, 0.15) is 49.1 Å². The average molecular weight is 457 g/mol. The zero-order valence-electron chi connectivity index (χ0n) is 19.3. The molecule has 2 aromatic carbocycles. The summed E-state index contributed by atoms with van der Waals surface area (Å²) in [5.41, 5.74) is 1.74. The number of halogens is 1. The molecule has 1 N–H and O–H groups in total. The van der Waals surface area contributed by atoms with Crippen LogP contribution in [0, 0.1) is 0 Å². The van der Waals surface area contributed by atoms with E-state index in [4.69, 9.17) is 16.3 Å². The summed E-state index contributed by atoms with van der Waals surface area (Å²) >= 11 is 6.67. The third-order valence-electron chi connectivity index (χ3n) is 7.25. The zero-order chi connectivity index (χ0) is 22.4. The summed E-state index contributed by atoms with van der Waals surface area (Å²) in [5, 5.41) is 12.3. The molecule has 4 rings (SSSR count). The molecule has 0 spiro atoms. The molecule has 0 amide bonds. The number of piperazine rings is 1. The largest absolute Gasteiger partial charge is 0.492 e. The van der Waals surface area contributed by atoms with Crippen molar-refractivity contribution in [1.82, 2.24) is 9.80 Å². The molecule has 1 aliphatic heterocycles. The summed E-state index contributed by atoms with van der Waals surface area (Å²) in [4.78, 5) is 4.88. The van der Waals surface area contributed by atoms with Gasteiger partial charge in [-0.05, 0) is 43.1 Å². The fraction of sp³-hybridized carbons (Fsp3) is 0.556. The molecule has 1 saturated heterocycles. The van der Waals surface area contributed by atoms with Crippen molar-refractivity contribution in [2.24, 2.45) is 0 Å². The maximum atomic E-state index is 11.7. The highest BCUT2D eigenvalue weighted by Crippen LogP contribution is 2.42. The van der Waals surface area contributed by atoms with Gasteiger partial charge in [0.15, 0.2) is 0 Å². The van der Waals surface area contributed by atoms with Crippen molar-refractivity contribution in [3.63, 3.8) is 0 Å². The molecular formula is C27H37ClN2O2. The second kappa shape index (κ2) is 11.0. The highest BCUT2D eigenvalue weighted by molar-refractivity contribution is 6.32. The van der Waals surface area contributed by atoms with Crippen molar-refractivity contribution in [3.05, 3.63) is 64.7 Å². The Morgan fingerprint density at radius 1 is 1.00 bits per heavy atom. The highest BCUT2D eigenvalue weighted by Gasteiger charge is 2.40. The number of benzene rings is 2. The Morgan fingerprint density at radius 3 is 2.41 bits per heavy atom. The highest BCUT2D eigenvalue weighted by atomic mass is 35.5. The molecule has 2 fully saturated rings. The van der Waals surface area contributed by atoms with Gasteiger partial charge >= 0.3 is 0 Å². The van der Waals surface area contributed by atoms with E-state index in [1.807, 2.05) is 30.3 Å². The lowest BCUT2D eigenvalue weighted by Crippen LogP contribution is -2.50. The fourth-order valence-electron chi connectivity index (χ4n) is 5.16. The first kappa shape index (κ1) is 23.6. The van der Waals surface area contributed by atoms with Crippen LogP contribution in [-0.2, 0) is 6.42 Å². The van der Waals surface area contributed by atoms with Crippen LogP contribution in [0.15, 0.2) is 48.5 Å². The van der Waals surface area contributed by atoms with Gasteiger partial charge in [-0.25, -0.2) is 0 Å². The number of rotatable bonds is 8. The smallest absolute Gasteiger partial charge is 0.137 e. The summed E-state index contributed by atoms with van der Waals surface area (Å²) in [6.07, 6.45) is 6.02. The van der Waals surface area contributed by atoms with E-state index in [2.05, 4.69) is 35.0 Å². The van der Waals surface area contributed by atoms with Gasteiger partial charge in [0, 0.05) is 45.1 Å². The van der Waals surface area contributed by atoms with E-state index in [1.165, 1.54) is 12.0 Å². The third kappa shape index (κ3) is 6.05. The summed E-state index contributed by atoms with van der Waals surface area (Å²) in [5.74, 6) is 0.794. The van der Waals surface area contributed by atoms with E-state index in [1.54, 1.807) is 0 Å². The maximum absolute atomic E-state index is 11.7. The van der Waals surface area contributed by atoms with Gasteiger partial charge in [0.1, 0.15) is 5.75 Å². The van der Waals surface area contributed by atoms with Gasteiger partial charge in [0.25, 0.3) is 0 Å². The van der Waals surface area contributed by atoms with Gasteiger partial charge in [0.05, 0.1) is 17.2 Å². The van der Waals surface area contributed by atoms with E-state index >= 15 is 0 Å². The Bertz CT molecular complexity index is 846. The van der Waals surface area contributed by atoms with Crippen molar-refractivity contribution in [1.29, 1.82) is 0 Å². The predicted molar refractivity (Wildman–Crippen MR) is 132 cm³/mol. The molecule has 2 aromatic rings. The van der Waals surface area contributed by atoms with E-state index in [9.17, 15) is 5.11 Å². The molecule has 4 nitrogen and oxygen atoms in total. The molecule has 2 aliphatic rings. The van der Waals surface area contributed by atoms with Crippen molar-refractivity contribution >= 4 is 11.6 Å². The molecule has 1 saturated carbocycles. The summed E-state index contributed by atoms with van der Waals surface area (Å²) in [7, 11) is 2.18. The molecule has 1 heterocycles. The van der Waals surface area contributed by atoms with E-state index < -0.39 is 5.60 Å². The van der Waals surface area contributed by atoms with Crippen molar-refractivity contribution in [2.45, 2.75) is 50.0 Å². The first-order chi connectivity index (χ1) is 15.5. The summed E-state index contributed by atoms with van der Waals surface area (Å²) in [6.45, 7) is 5.75. The van der Waals surface area contributed by atoms with Crippen LogP contribution < -0.4 is 4.74 Å². The lowest BCUT2D eigenvalue weighted by Gasteiger charge is -2.43. The van der Waals surface area contributed by atoms with Gasteiger partial charge in [0.2, 0.25) is 0 Å². The van der Waals surface area contributed by atoms with Crippen molar-refractivity contribution in [2.75, 3.05) is 46.4 Å². The lowest BCUT2D eigenvalue weighted by molar-refractivity contribution is -0.0337. The molecule has 1 unspecified atom stereocenters. The molecule has 0 radical (unpaired) electrons. The van der Waals surface area contributed by atoms with Crippen LogP contribution in [0.4, 0.5) is 0 Å².